The molecule has 0 fully saturated rings. The summed E-state index contributed by atoms with van der Waals surface area (Å²) in [6.45, 7) is 1.88. The molecule has 4 N–H and O–H groups in total. The maximum atomic E-state index is 12.2. The van der Waals surface area contributed by atoms with E-state index >= 15 is 0 Å². The van der Waals surface area contributed by atoms with Crippen LogP contribution in [0.3, 0.4) is 0 Å². The van der Waals surface area contributed by atoms with Crippen molar-refractivity contribution in [2.45, 2.75) is 6.92 Å². The molecule has 0 amide bonds. The van der Waals surface area contributed by atoms with Crippen LogP contribution >= 0.6 is 0 Å². The molecule has 3 rings (SSSR count). The highest BCUT2D eigenvalue weighted by Crippen LogP contribution is 2.41. The molecule has 1 heterocycles. The molecule has 0 bridgehead atoms. The first-order chi connectivity index (χ1) is 10.4. The van der Waals surface area contributed by atoms with Crippen molar-refractivity contribution >= 4 is 11.0 Å². The Bertz CT molecular complexity index is 938. The number of aryl methyl sites for hydroxylation is 1. The summed E-state index contributed by atoms with van der Waals surface area (Å²) in [6, 6.07) is 7.61. The van der Waals surface area contributed by atoms with Gasteiger partial charge in [0.1, 0.15) is 11.1 Å². The summed E-state index contributed by atoms with van der Waals surface area (Å²) < 4.78 is 5.37. The van der Waals surface area contributed by atoms with Crippen molar-refractivity contribution in [2.75, 3.05) is 0 Å². The summed E-state index contributed by atoms with van der Waals surface area (Å²) >= 11 is 0. The van der Waals surface area contributed by atoms with E-state index in [1.165, 1.54) is 0 Å². The van der Waals surface area contributed by atoms with Crippen LogP contribution < -0.4 is 5.43 Å². The van der Waals surface area contributed by atoms with Gasteiger partial charge < -0.3 is 24.8 Å². The molecule has 0 aliphatic heterocycles. The lowest BCUT2D eigenvalue weighted by atomic mass is 10.1. The summed E-state index contributed by atoms with van der Waals surface area (Å²) in [5, 5.41) is 38.7. The largest absolute Gasteiger partial charge is 0.507 e. The van der Waals surface area contributed by atoms with E-state index in [1.54, 1.807) is 24.3 Å². The van der Waals surface area contributed by atoms with Crippen molar-refractivity contribution in [2.24, 2.45) is 0 Å². The maximum Gasteiger partial charge on any atom is 0.238 e. The molecule has 0 unspecified atom stereocenters. The Hall–Kier alpha value is -3.15. The van der Waals surface area contributed by atoms with Crippen molar-refractivity contribution in [3.63, 3.8) is 0 Å². The number of benzene rings is 2. The van der Waals surface area contributed by atoms with Crippen molar-refractivity contribution in [3.05, 3.63) is 46.1 Å². The molecule has 1 aromatic heterocycles. The van der Waals surface area contributed by atoms with E-state index in [0.717, 1.165) is 11.6 Å². The number of aromatic hydroxyl groups is 4. The van der Waals surface area contributed by atoms with Crippen LogP contribution in [0.15, 0.2) is 39.5 Å². The number of phenols is 3. The van der Waals surface area contributed by atoms with Crippen LogP contribution in [-0.2, 0) is 0 Å². The number of hydrogen-bond acceptors (Lipinski definition) is 6. The SMILES string of the molecule is Cc1ccc(-c2oc3c(O)c(O)cc(O)c3c(=O)c2O)cc1. The summed E-state index contributed by atoms with van der Waals surface area (Å²) in [4.78, 5) is 12.2. The van der Waals surface area contributed by atoms with Crippen LogP contribution in [-0.4, -0.2) is 20.4 Å². The van der Waals surface area contributed by atoms with Crippen molar-refractivity contribution in [3.8, 4) is 34.3 Å². The Morgan fingerprint density at radius 2 is 1.55 bits per heavy atom. The van der Waals surface area contributed by atoms with E-state index in [0.29, 0.717) is 5.56 Å². The van der Waals surface area contributed by atoms with Gasteiger partial charge in [-0.2, -0.15) is 0 Å². The van der Waals surface area contributed by atoms with Crippen LogP contribution in [0.4, 0.5) is 0 Å². The minimum atomic E-state index is -0.898. The Balaban J connectivity index is 2.43. The first-order valence-electron chi connectivity index (χ1n) is 6.41. The van der Waals surface area contributed by atoms with Gasteiger partial charge in [0.15, 0.2) is 17.1 Å². The number of fused-ring (bicyclic) bond motifs is 1. The van der Waals surface area contributed by atoms with E-state index in [1.807, 2.05) is 6.92 Å². The average Bonchev–Trinajstić information content (AvgIpc) is 2.48. The van der Waals surface area contributed by atoms with E-state index in [-0.39, 0.29) is 5.76 Å². The third kappa shape index (κ3) is 1.93. The predicted octanol–water partition coefficient (Wildman–Crippen LogP) is 2.59. The van der Waals surface area contributed by atoms with Crippen molar-refractivity contribution in [1.82, 2.24) is 0 Å². The summed E-state index contributed by atoms with van der Waals surface area (Å²) in [5.74, 6) is -2.74. The predicted molar refractivity (Wildman–Crippen MR) is 79.3 cm³/mol. The minimum absolute atomic E-state index is 0.155. The Morgan fingerprint density at radius 3 is 2.18 bits per heavy atom. The molecule has 0 saturated heterocycles. The van der Waals surface area contributed by atoms with Gasteiger partial charge >= 0.3 is 0 Å². The smallest absolute Gasteiger partial charge is 0.238 e. The van der Waals surface area contributed by atoms with Crippen LogP contribution in [0.2, 0.25) is 0 Å². The first-order valence-corrected chi connectivity index (χ1v) is 6.41. The van der Waals surface area contributed by atoms with Gasteiger partial charge in [-0.05, 0) is 6.92 Å². The zero-order valence-electron chi connectivity index (χ0n) is 11.5. The standard InChI is InChI=1S/C16H12O6/c1-7-2-4-8(5-3-7)15-14(21)13(20)11-9(17)6-10(18)12(19)16(11)22-15/h2-6,17-19,21H,1H3. The second kappa shape index (κ2) is 4.70. The van der Waals surface area contributed by atoms with Crippen molar-refractivity contribution in [1.29, 1.82) is 0 Å². The molecular formula is C16H12O6. The second-order valence-electron chi connectivity index (χ2n) is 4.94. The lowest BCUT2D eigenvalue weighted by Gasteiger charge is -2.09. The highest BCUT2D eigenvalue weighted by atomic mass is 16.4. The summed E-state index contributed by atoms with van der Waals surface area (Å²) in [7, 11) is 0. The lowest BCUT2D eigenvalue weighted by molar-refractivity contribution is 0.390. The fourth-order valence-electron chi connectivity index (χ4n) is 2.21. The van der Waals surface area contributed by atoms with E-state index in [2.05, 4.69) is 0 Å². The Labute approximate surface area is 124 Å². The van der Waals surface area contributed by atoms with E-state index in [9.17, 15) is 25.2 Å². The van der Waals surface area contributed by atoms with Gasteiger partial charge in [-0.1, -0.05) is 29.8 Å². The molecule has 0 spiro atoms. The van der Waals surface area contributed by atoms with E-state index < -0.39 is 39.4 Å². The molecule has 22 heavy (non-hydrogen) atoms. The summed E-state index contributed by atoms with van der Waals surface area (Å²) in [5.41, 5.74) is 0.106. The molecule has 0 aliphatic carbocycles. The molecule has 6 heteroatoms. The maximum absolute atomic E-state index is 12.2. The highest BCUT2D eigenvalue weighted by molar-refractivity contribution is 5.92. The number of rotatable bonds is 1. The van der Waals surface area contributed by atoms with Crippen LogP contribution in [0.25, 0.3) is 22.3 Å². The zero-order chi connectivity index (χ0) is 16.0. The van der Waals surface area contributed by atoms with Gasteiger partial charge in [0.05, 0.1) is 0 Å². The van der Waals surface area contributed by atoms with Gasteiger partial charge in [0.25, 0.3) is 0 Å². The third-order valence-electron chi connectivity index (χ3n) is 3.39. The molecule has 2 aromatic carbocycles. The van der Waals surface area contributed by atoms with Gasteiger partial charge in [-0.25, -0.2) is 0 Å². The first kappa shape index (κ1) is 13.8. The molecule has 6 nitrogen and oxygen atoms in total. The average molecular weight is 300 g/mol. The van der Waals surface area contributed by atoms with Gasteiger partial charge in [0.2, 0.25) is 16.9 Å². The number of hydrogen-bond donors (Lipinski definition) is 4. The molecule has 0 aliphatic rings. The quantitative estimate of drug-likeness (QED) is 0.406. The Morgan fingerprint density at radius 1 is 0.909 bits per heavy atom. The van der Waals surface area contributed by atoms with Crippen LogP contribution in [0.1, 0.15) is 5.56 Å². The highest BCUT2D eigenvalue weighted by Gasteiger charge is 2.22. The molecular weight excluding hydrogens is 288 g/mol. The summed E-state index contributed by atoms with van der Waals surface area (Å²) in [6.07, 6.45) is 0. The molecule has 0 radical (unpaired) electrons. The second-order valence-corrected chi connectivity index (χ2v) is 4.94. The van der Waals surface area contributed by atoms with Crippen molar-refractivity contribution < 1.29 is 24.8 Å². The van der Waals surface area contributed by atoms with Crippen LogP contribution in [0.5, 0.6) is 23.0 Å². The minimum Gasteiger partial charge on any atom is -0.507 e. The van der Waals surface area contributed by atoms with Crippen LogP contribution in [0, 0.1) is 6.92 Å². The number of phenolic OH excluding ortho intramolecular Hbond substituents is 3. The lowest BCUT2D eigenvalue weighted by Crippen LogP contribution is -2.03. The monoisotopic (exact) mass is 300 g/mol. The van der Waals surface area contributed by atoms with Gasteiger partial charge in [-0.15, -0.1) is 0 Å². The van der Waals surface area contributed by atoms with Gasteiger partial charge in [0, 0.05) is 11.6 Å². The molecule has 0 atom stereocenters. The normalized spacial score (nSPS) is 11.0. The topological polar surface area (TPSA) is 111 Å². The van der Waals surface area contributed by atoms with E-state index in [4.69, 9.17) is 4.42 Å². The fourth-order valence-corrected chi connectivity index (χ4v) is 2.21. The third-order valence-corrected chi connectivity index (χ3v) is 3.39. The Kier molecular flexibility index (Phi) is 2.95. The fraction of sp³-hybridized carbons (Fsp3) is 0.0625. The zero-order valence-corrected chi connectivity index (χ0v) is 11.5. The molecule has 0 saturated carbocycles. The molecule has 112 valence electrons. The van der Waals surface area contributed by atoms with Gasteiger partial charge in [-0.3, -0.25) is 4.79 Å². The molecule has 3 aromatic rings.